The molecule has 0 fully saturated rings. The van der Waals surface area contributed by atoms with Crippen molar-refractivity contribution in [2.45, 2.75) is 19.4 Å². The topological polar surface area (TPSA) is 158 Å². The molecule has 1 aromatic heterocycles. The van der Waals surface area contributed by atoms with Crippen molar-refractivity contribution in [2.24, 2.45) is 11.5 Å². The van der Waals surface area contributed by atoms with Gasteiger partial charge in [0.05, 0.1) is 13.0 Å². The number of carbonyl (C=O) groups excluding carboxylic acids is 3. The van der Waals surface area contributed by atoms with E-state index in [4.69, 9.17) is 15.9 Å². The van der Waals surface area contributed by atoms with E-state index in [1.807, 2.05) is 0 Å². The van der Waals surface area contributed by atoms with Gasteiger partial charge in [-0.3, -0.25) is 14.4 Å². The minimum atomic E-state index is -1.16. The fourth-order valence-corrected chi connectivity index (χ4v) is 2.30. The highest BCUT2D eigenvalue weighted by Gasteiger charge is 2.22. The van der Waals surface area contributed by atoms with Crippen LogP contribution < -0.4 is 27.7 Å². The second-order valence-electron chi connectivity index (χ2n) is 5.44. The van der Waals surface area contributed by atoms with Crippen molar-refractivity contribution in [3.8, 4) is 0 Å². The minimum Gasteiger partial charge on any atom is -0.423 e. The van der Waals surface area contributed by atoms with Crippen molar-refractivity contribution in [3.63, 3.8) is 0 Å². The number of nitrogens with two attached hydrogens (primary N) is 2. The summed E-state index contributed by atoms with van der Waals surface area (Å²) in [7, 11) is 0. The van der Waals surface area contributed by atoms with Gasteiger partial charge in [0.15, 0.2) is 0 Å². The van der Waals surface area contributed by atoms with Crippen molar-refractivity contribution >= 4 is 34.4 Å². The lowest BCUT2D eigenvalue weighted by atomic mass is 10.1. The summed E-state index contributed by atoms with van der Waals surface area (Å²) in [4.78, 5) is 46.2. The predicted octanol–water partition coefficient (Wildman–Crippen LogP) is -0.641. The number of aryl methyl sites for hydroxylation is 1. The zero-order valence-electron chi connectivity index (χ0n) is 13.5. The predicted molar refractivity (Wildman–Crippen MR) is 90.6 cm³/mol. The van der Waals surface area contributed by atoms with Crippen molar-refractivity contribution in [1.29, 1.82) is 0 Å². The normalized spacial score (nSPS) is 11.8. The highest BCUT2D eigenvalue weighted by atomic mass is 16.4. The van der Waals surface area contributed by atoms with Crippen LogP contribution in [0.15, 0.2) is 33.5 Å². The molecule has 0 saturated heterocycles. The van der Waals surface area contributed by atoms with Crippen LogP contribution in [0.4, 0.5) is 5.69 Å². The Morgan fingerprint density at radius 3 is 2.60 bits per heavy atom. The zero-order chi connectivity index (χ0) is 18.6. The van der Waals surface area contributed by atoms with Crippen molar-refractivity contribution in [2.75, 3.05) is 11.9 Å². The van der Waals surface area contributed by atoms with E-state index in [2.05, 4.69) is 10.6 Å². The van der Waals surface area contributed by atoms with E-state index < -0.39 is 29.4 Å². The van der Waals surface area contributed by atoms with Crippen LogP contribution in [0.25, 0.3) is 11.0 Å². The van der Waals surface area contributed by atoms with E-state index in [-0.39, 0.29) is 13.0 Å². The molecule has 3 amide bonds. The van der Waals surface area contributed by atoms with Crippen molar-refractivity contribution in [3.05, 3.63) is 40.2 Å². The van der Waals surface area contributed by atoms with Gasteiger partial charge in [-0.25, -0.2) is 4.79 Å². The number of anilines is 1. The van der Waals surface area contributed by atoms with Gasteiger partial charge in [0, 0.05) is 23.2 Å². The van der Waals surface area contributed by atoms with Crippen LogP contribution in [0.1, 0.15) is 12.0 Å². The second kappa shape index (κ2) is 7.58. The molecule has 0 radical (unpaired) electrons. The summed E-state index contributed by atoms with van der Waals surface area (Å²) in [5.74, 6) is -1.99. The molecule has 2 aromatic rings. The third-order valence-electron chi connectivity index (χ3n) is 3.46. The molecule has 1 atom stereocenters. The molecule has 1 heterocycles. The van der Waals surface area contributed by atoms with Gasteiger partial charge in [-0.1, -0.05) is 0 Å². The minimum absolute atomic E-state index is 0.306. The van der Waals surface area contributed by atoms with Crippen LogP contribution in [0.5, 0.6) is 0 Å². The molecule has 9 heteroatoms. The molecule has 2 rings (SSSR count). The van der Waals surface area contributed by atoms with Crippen LogP contribution in [0.2, 0.25) is 0 Å². The number of carbonyl (C=O) groups is 3. The largest absolute Gasteiger partial charge is 0.423 e. The highest BCUT2D eigenvalue weighted by molar-refractivity contribution is 6.00. The first-order valence-corrected chi connectivity index (χ1v) is 7.43. The third kappa shape index (κ3) is 4.64. The number of fused-ring (bicyclic) bond motifs is 1. The second-order valence-corrected chi connectivity index (χ2v) is 5.44. The summed E-state index contributed by atoms with van der Waals surface area (Å²) in [5, 5.41) is 5.59. The van der Waals surface area contributed by atoms with Gasteiger partial charge in [0.25, 0.3) is 0 Å². The molecule has 0 bridgehead atoms. The van der Waals surface area contributed by atoms with Gasteiger partial charge in [-0.2, -0.15) is 0 Å². The number of hydrogen-bond donors (Lipinski definition) is 4. The maximum atomic E-state index is 12.3. The number of primary amides is 1. The average molecular weight is 346 g/mol. The van der Waals surface area contributed by atoms with Crippen LogP contribution >= 0.6 is 0 Å². The fourth-order valence-electron chi connectivity index (χ4n) is 2.30. The van der Waals surface area contributed by atoms with Crippen LogP contribution in [-0.4, -0.2) is 30.3 Å². The molecule has 132 valence electrons. The lowest BCUT2D eigenvalue weighted by Crippen LogP contribution is -2.47. The monoisotopic (exact) mass is 346 g/mol. The number of hydrogen-bond acceptors (Lipinski definition) is 6. The molecule has 0 spiro atoms. The van der Waals surface area contributed by atoms with Gasteiger partial charge >= 0.3 is 5.63 Å². The first kappa shape index (κ1) is 18.1. The number of benzene rings is 1. The van der Waals surface area contributed by atoms with Gasteiger partial charge in [-0.15, -0.1) is 0 Å². The first-order chi connectivity index (χ1) is 11.8. The molecule has 0 aliphatic rings. The Labute approximate surface area is 142 Å². The van der Waals surface area contributed by atoms with Gasteiger partial charge in [0.1, 0.15) is 11.6 Å². The molecule has 9 nitrogen and oxygen atoms in total. The summed E-state index contributed by atoms with van der Waals surface area (Å²) < 4.78 is 5.10. The molecule has 0 saturated carbocycles. The SMILES string of the molecule is Cc1cc(=O)oc2cc(NC(=O)[C@H](CC(N)=O)NC(=O)CN)ccc12. The highest BCUT2D eigenvalue weighted by Crippen LogP contribution is 2.20. The van der Waals surface area contributed by atoms with Crippen LogP contribution in [0, 0.1) is 6.92 Å². The van der Waals surface area contributed by atoms with E-state index in [0.29, 0.717) is 11.3 Å². The average Bonchev–Trinajstić information content (AvgIpc) is 2.53. The van der Waals surface area contributed by atoms with Crippen LogP contribution in [0.3, 0.4) is 0 Å². The summed E-state index contributed by atoms with van der Waals surface area (Å²) in [5.41, 5.74) is 11.2. The maximum Gasteiger partial charge on any atom is 0.336 e. The van der Waals surface area contributed by atoms with Crippen molar-refractivity contribution < 1.29 is 18.8 Å². The Hall–Kier alpha value is -3.20. The lowest BCUT2D eigenvalue weighted by Gasteiger charge is -2.17. The third-order valence-corrected chi connectivity index (χ3v) is 3.46. The summed E-state index contributed by atoms with van der Waals surface area (Å²) in [6.45, 7) is 1.44. The van der Waals surface area contributed by atoms with E-state index in [9.17, 15) is 19.2 Å². The summed E-state index contributed by atoms with van der Waals surface area (Å²) in [6.07, 6.45) is -0.376. The molecule has 0 unspecified atom stereocenters. The Bertz CT molecular complexity index is 890. The Balaban J connectivity index is 2.24. The van der Waals surface area contributed by atoms with Gasteiger partial charge < -0.3 is 26.5 Å². The molecule has 25 heavy (non-hydrogen) atoms. The fraction of sp³-hybridized carbons (Fsp3) is 0.250. The van der Waals surface area contributed by atoms with E-state index in [1.165, 1.54) is 12.1 Å². The quantitative estimate of drug-likeness (QED) is 0.509. The number of nitrogens with one attached hydrogen (secondary N) is 2. The lowest BCUT2D eigenvalue weighted by molar-refractivity contribution is -0.128. The van der Waals surface area contributed by atoms with E-state index in [0.717, 1.165) is 10.9 Å². The Morgan fingerprint density at radius 1 is 1.24 bits per heavy atom. The Kier molecular flexibility index (Phi) is 5.50. The van der Waals surface area contributed by atoms with E-state index >= 15 is 0 Å². The van der Waals surface area contributed by atoms with Crippen molar-refractivity contribution in [1.82, 2.24) is 5.32 Å². The zero-order valence-corrected chi connectivity index (χ0v) is 13.5. The van der Waals surface area contributed by atoms with Crippen LogP contribution in [-0.2, 0) is 14.4 Å². The Morgan fingerprint density at radius 2 is 1.96 bits per heavy atom. The smallest absolute Gasteiger partial charge is 0.336 e. The number of rotatable bonds is 6. The first-order valence-electron chi connectivity index (χ1n) is 7.43. The molecular formula is C16H18N4O5. The summed E-state index contributed by atoms with van der Waals surface area (Å²) in [6, 6.07) is 4.98. The summed E-state index contributed by atoms with van der Waals surface area (Å²) >= 11 is 0. The molecule has 0 aliphatic carbocycles. The standard InChI is InChI=1S/C16H18N4O5/c1-8-4-15(23)25-12-5-9(2-3-10(8)12)19-16(24)11(6-13(18)21)20-14(22)7-17/h2-5,11H,6-7,17H2,1H3,(H2,18,21)(H,19,24)(H,20,22)/t11-/m0/s1. The van der Waals surface area contributed by atoms with Gasteiger partial charge in [-0.05, 0) is 24.6 Å². The maximum absolute atomic E-state index is 12.3. The molecule has 0 aliphatic heterocycles. The van der Waals surface area contributed by atoms with Gasteiger partial charge in [0.2, 0.25) is 17.7 Å². The molecule has 6 N–H and O–H groups in total. The molecular weight excluding hydrogens is 328 g/mol. The van der Waals surface area contributed by atoms with E-state index in [1.54, 1.807) is 19.1 Å². The molecule has 1 aromatic carbocycles. The number of amides is 3.